The van der Waals surface area contributed by atoms with E-state index in [0.717, 1.165) is 98.9 Å². The highest BCUT2D eigenvalue weighted by Gasteiger charge is 2.21. The lowest BCUT2D eigenvalue weighted by molar-refractivity contribution is 0.669. The lowest BCUT2D eigenvalue weighted by Crippen LogP contribution is -2.01. The number of hydrogen-bond donors (Lipinski definition) is 1. The second kappa shape index (κ2) is 22.6. The van der Waals surface area contributed by atoms with Gasteiger partial charge in [0.1, 0.15) is 40.0 Å². The van der Waals surface area contributed by atoms with Crippen LogP contribution < -0.4 is 0 Å². The molecule has 0 radical (unpaired) electrons. The first-order chi connectivity index (χ1) is 44.0. The van der Waals surface area contributed by atoms with E-state index in [9.17, 15) is 0 Å². The number of H-pyrrole nitrogens is 1. The number of aromatic nitrogens is 8. The molecule has 6 aromatic heterocycles. The first-order valence-corrected chi connectivity index (χ1v) is 30.0. The highest BCUT2D eigenvalue weighted by Crippen LogP contribution is 2.40. The van der Waals surface area contributed by atoms with Crippen molar-refractivity contribution in [2.24, 2.45) is 0 Å². The van der Waals surface area contributed by atoms with Crippen LogP contribution in [0.1, 0.15) is 11.3 Å². The third kappa shape index (κ3) is 10.1. The fourth-order valence-electron chi connectivity index (χ4n) is 11.8. The molecule has 0 amide bonds. The van der Waals surface area contributed by atoms with E-state index in [1.165, 1.54) is 32.5 Å². The molecule has 1 aliphatic carbocycles. The van der Waals surface area contributed by atoms with Gasteiger partial charge in [-0.25, -0.2) is 29.9 Å². The number of halogens is 1. The lowest BCUT2D eigenvalue weighted by Gasteiger charge is -2.11. The van der Waals surface area contributed by atoms with Crippen LogP contribution in [-0.4, -0.2) is 39.5 Å². The average molecular weight is 1210 g/mol. The number of fused-ring (bicyclic) bond motifs is 12. The Hall–Kier alpha value is -11.8. The molecule has 6 heterocycles. The summed E-state index contributed by atoms with van der Waals surface area (Å²) in [5.74, 6) is 3.91. The van der Waals surface area contributed by atoms with Crippen molar-refractivity contribution in [3.63, 3.8) is 0 Å². The van der Waals surface area contributed by atoms with Crippen LogP contribution in [0.25, 0.3) is 163 Å². The summed E-state index contributed by atoms with van der Waals surface area (Å²) in [4.78, 5) is 32.3. The second-order valence-corrected chi connectivity index (χ2v) is 22.5. The molecule has 18 rings (SSSR count). The number of rotatable bonds is 7. The predicted molar refractivity (Wildman–Crippen MR) is 364 cm³/mol. The number of para-hydroxylation sites is 3. The number of aromatic amines is 1. The van der Waals surface area contributed by atoms with Crippen LogP contribution in [-0.2, 0) is 0 Å². The molecule has 10 nitrogen and oxygen atoms in total. The third-order valence-corrected chi connectivity index (χ3v) is 16.4. The predicted octanol–water partition coefficient (Wildman–Crippen LogP) is 20.4. The standard InChI is InChI=1S/C39H24N4O.C21H14BrN3.C18H10NO/c1-3-12-25(13-4-1)37-40-38(26-14-5-2-6-15-26)42-39(41-37)27-16-11-17-28(22-27)43-33-20-9-7-18-29(33)31-23-32-30-19-8-10-21-35(30)44-36(32)24-34(31)43;22-18-13-7-12-17(14-18)21-24-19(15-8-3-1-4-9-15)23-20(25-21)16-10-5-2-6-11-16;1-3-7-15-11(5-1)13-9-14-12-6-2-4-8-17(12)20-18(14)10-16(13)19-15/h1-24H;1-14H;1-2,4-10,19H/q;;+1. The minimum Gasteiger partial charge on any atom is -0.456 e. The molecule has 0 bridgehead atoms. The van der Waals surface area contributed by atoms with Gasteiger partial charge in [0.25, 0.3) is 0 Å². The summed E-state index contributed by atoms with van der Waals surface area (Å²) in [6.07, 6.45) is 9.14. The number of allylic oxidation sites excluding steroid dienone is 2. The van der Waals surface area contributed by atoms with Crippen molar-refractivity contribution in [2.45, 2.75) is 0 Å². The zero-order chi connectivity index (χ0) is 59.2. The van der Waals surface area contributed by atoms with Crippen molar-refractivity contribution in [1.82, 2.24) is 39.5 Å². The molecule has 0 atom stereocenters. The fourth-order valence-corrected chi connectivity index (χ4v) is 12.2. The first-order valence-electron chi connectivity index (χ1n) is 29.2. The van der Waals surface area contributed by atoms with E-state index < -0.39 is 0 Å². The summed E-state index contributed by atoms with van der Waals surface area (Å²) in [5.41, 5.74) is 16.0. The molecule has 418 valence electrons. The number of nitrogens with zero attached hydrogens (tertiary/aromatic N) is 7. The molecule has 0 aliphatic heterocycles. The molecule has 1 N–H and O–H groups in total. The SMILES string of the molecule is Brc1cccc(-c2nc(-c3ccccc3)nc(-c3ccccc3)n2)c1.[C+]1=Cc2[nH]c3cc4oc5ccccc5c4cc3c2C=C1.c1ccc(-c2nc(-c3ccccc3)nc(-c3cccc(-n4c5ccccc5c5cc6c(cc54)oc4ccccc46)c3)n2)cc1. The van der Waals surface area contributed by atoms with Gasteiger partial charge in [0.05, 0.1) is 22.6 Å². The number of benzene rings is 11. The molecular weight excluding hydrogens is 1160 g/mol. The molecule has 0 spiro atoms. The van der Waals surface area contributed by atoms with Gasteiger partial charge < -0.3 is 18.4 Å². The number of furan rings is 2. The Labute approximate surface area is 518 Å². The summed E-state index contributed by atoms with van der Waals surface area (Å²) >= 11 is 3.52. The van der Waals surface area contributed by atoms with E-state index in [-0.39, 0.29) is 0 Å². The minimum atomic E-state index is 0.625. The Balaban J connectivity index is 0.000000119. The molecule has 0 saturated heterocycles. The van der Waals surface area contributed by atoms with Crippen LogP contribution in [0, 0.1) is 6.08 Å². The summed E-state index contributed by atoms with van der Waals surface area (Å²) in [6, 6.07) is 90.2. The van der Waals surface area contributed by atoms with Gasteiger partial charge in [0.2, 0.25) is 0 Å². The van der Waals surface area contributed by atoms with Crippen molar-refractivity contribution in [1.29, 1.82) is 0 Å². The Morgan fingerprint density at radius 2 is 0.775 bits per heavy atom. The van der Waals surface area contributed by atoms with Gasteiger partial charge in [-0.15, -0.1) is 0 Å². The van der Waals surface area contributed by atoms with Crippen LogP contribution in [0.4, 0.5) is 0 Å². The van der Waals surface area contributed by atoms with Crippen molar-refractivity contribution in [3.05, 3.63) is 295 Å². The van der Waals surface area contributed by atoms with Gasteiger partial charge >= 0.3 is 0 Å². The molecule has 89 heavy (non-hydrogen) atoms. The fraction of sp³-hybridized carbons (Fsp3) is 0. The zero-order valence-electron chi connectivity index (χ0n) is 47.5. The second-order valence-electron chi connectivity index (χ2n) is 21.5. The maximum absolute atomic E-state index is 6.31. The highest BCUT2D eigenvalue weighted by atomic mass is 79.9. The van der Waals surface area contributed by atoms with Gasteiger partial charge in [-0.05, 0) is 54.6 Å². The van der Waals surface area contributed by atoms with Crippen molar-refractivity contribution >= 4 is 105 Å². The van der Waals surface area contributed by atoms with Crippen LogP contribution in [0.15, 0.2) is 286 Å². The van der Waals surface area contributed by atoms with E-state index in [2.05, 4.69) is 134 Å². The molecule has 11 heteroatoms. The Morgan fingerprint density at radius 3 is 1.31 bits per heavy atom. The zero-order valence-corrected chi connectivity index (χ0v) is 49.0. The van der Waals surface area contributed by atoms with E-state index in [1.807, 2.05) is 188 Å². The smallest absolute Gasteiger partial charge is 0.164 e. The molecule has 17 aromatic rings. The molecule has 11 aromatic carbocycles. The average Bonchev–Trinajstić information content (AvgIpc) is 1.97. The third-order valence-electron chi connectivity index (χ3n) is 16.0. The van der Waals surface area contributed by atoms with Gasteiger partial charge in [0, 0.05) is 99.5 Å². The summed E-state index contributed by atoms with van der Waals surface area (Å²) in [7, 11) is 0. The van der Waals surface area contributed by atoms with Crippen molar-refractivity contribution < 1.29 is 8.83 Å². The maximum atomic E-state index is 6.31. The van der Waals surface area contributed by atoms with Crippen LogP contribution in [0.3, 0.4) is 0 Å². The Kier molecular flexibility index (Phi) is 13.4. The van der Waals surface area contributed by atoms with E-state index in [4.69, 9.17) is 33.8 Å². The molecular formula is C78H48BrN8O2+. The Bertz CT molecular complexity index is 5460. The van der Waals surface area contributed by atoms with Crippen molar-refractivity contribution in [3.8, 4) is 74.0 Å². The summed E-state index contributed by atoms with van der Waals surface area (Å²) < 4.78 is 15.5. The summed E-state index contributed by atoms with van der Waals surface area (Å²) in [6.45, 7) is 0. The minimum absolute atomic E-state index is 0.625. The van der Waals surface area contributed by atoms with E-state index >= 15 is 0 Å². The highest BCUT2D eigenvalue weighted by molar-refractivity contribution is 9.10. The lowest BCUT2D eigenvalue weighted by atomic mass is 10.0. The summed E-state index contributed by atoms with van der Waals surface area (Å²) in [5, 5.41) is 8.19. The number of hydrogen-bond acceptors (Lipinski definition) is 8. The largest absolute Gasteiger partial charge is 0.456 e. The topological polar surface area (TPSA) is 124 Å². The van der Waals surface area contributed by atoms with Crippen LogP contribution >= 0.6 is 15.9 Å². The maximum Gasteiger partial charge on any atom is 0.164 e. The normalized spacial score (nSPS) is 11.7. The molecule has 0 unspecified atom stereocenters. The van der Waals surface area contributed by atoms with Gasteiger partial charge in [0.15, 0.2) is 40.6 Å². The quantitative estimate of drug-likeness (QED) is 0.157. The van der Waals surface area contributed by atoms with E-state index in [1.54, 1.807) is 0 Å². The molecule has 1 aliphatic rings. The monoisotopic (exact) mass is 1210 g/mol. The van der Waals surface area contributed by atoms with Crippen molar-refractivity contribution in [2.75, 3.05) is 0 Å². The number of nitrogens with one attached hydrogen (secondary N) is 1. The molecule has 0 saturated carbocycles. The first kappa shape index (κ1) is 52.8. The van der Waals surface area contributed by atoms with Crippen LogP contribution in [0.5, 0.6) is 0 Å². The van der Waals surface area contributed by atoms with Gasteiger partial charge in [-0.3, -0.25) is 0 Å². The molecule has 0 fully saturated rings. The van der Waals surface area contributed by atoms with Crippen LogP contribution in [0.2, 0.25) is 0 Å². The van der Waals surface area contributed by atoms with Gasteiger partial charge in [-0.1, -0.05) is 216 Å². The van der Waals surface area contributed by atoms with Gasteiger partial charge in [-0.2, -0.15) is 0 Å². The Morgan fingerprint density at radius 1 is 0.337 bits per heavy atom. The van der Waals surface area contributed by atoms with E-state index in [0.29, 0.717) is 34.9 Å².